The van der Waals surface area contributed by atoms with Crippen molar-refractivity contribution in [3.8, 4) is 0 Å². The normalized spacial score (nSPS) is 25.6. The molecule has 1 aliphatic rings. The summed E-state index contributed by atoms with van der Waals surface area (Å²) in [5.74, 6) is 0.205. The zero-order valence-electron chi connectivity index (χ0n) is 12.5. The van der Waals surface area contributed by atoms with Gasteiger partial charge in [-0.1, -0.05) is 13.8 Å². The van der Waals surface area contributed by atoms with E-state index >= 15 is 0 Å². The molecule has 2 atom stereocenters. The van der Waals surface area contributed by atoms with Crippen molar-refractivity contribution in [2.45, 2.75) is 52.2 Å². The van der Waals surface area contributed by atoms with E-state index in [0.717, 1.165) is 26.0 Å². The van der Waals surface area contributed by atoms with E-state index in [4.69, 9.17) is 4.74 Å². The van der Waals surface area contributed by atoms with Gasteiger partial charge in [0.15, 0.2) is 0 Å². The molecule has 4 heteroatoms. The summed E-state index contributed by atoms with van der Waals surface area (Å²) in [7, 11) is 3.61. The summed E-state index contributed by atoms with van der Waals surface area (Å²) in [4.78, 5) is 13.1. The van der Waals surface area contributed by atoms with Gasteiger partial charge in [-0.25, -0.2) is 0 Å². The molecule has 2 unspecified atom stereocenters. The van der Waals surface area contributed by atoms with Gasteiger partial charge in [-0.05, 0) is 26.3 Å². The lowest BCUT2D eigenvalue weighted by atomic mass is 9.64. The van der Waals surface area contributed by atoms with Crippen molar-refractivity contribution in [1.29, 1.82) is 0 Å². The number of amides is 1. The van der Waals surface area contributed by atoms with Crippen LogP contribution in [0.4, 0.5) is 0 Å². The predicted molar refractivity (Wildman–Crippen MR) is 73.5 cm³/mol. The Morgan fingerprint density at radius 2 is 2.11 bits per heavy atom. The van der Waals surface area contributed by atoms with Crippen LogP contribution >= 0.6 is 0 Å². The van der Waals surface area contributed by atoms with E-state index in [1.54, 1.807) is 19.0 Å². The van der Waals surface area contributed by atoms with Crippen LogP contribution in [0.5, 0.6) is 0 Å². The van der Waals surface area contributed by atoms with Gasteiger partial charge >= 0.3 is 0 Å². The van der Waals surface area contributed by atoms with E-state index in [-0.39, 0.29) is 11.3 Å². The SMILES string of the molecule is CCOC1CC(NCCCC(=O)N(C)C)C1(C)C. The molecular weight excluding hydrogens is 228 g/mol. The Morgan fingerprint density at radius 1 is 1.44 bits per heavy atom. The summed E-state index contributed by atoms with van der Waals surface area (Å²) < 4.78 is 5.70. The molecule has 0 spiro atoms. The largest absolute Gasteiger partial charge is 0.378 e. The van der Waals surface area contributed by atoms with Crippen molar-refractivity contribution < 1.29 is 9.53 Å². The van der Waals surface area contributed by atoms with Crippen LogP contribution < -0.4 is 5.32 Å². The van der Waals surface area contributed by atoms with E-state index in [9.17, 15) is 4.79 Å². The highest BCUT2D eigenvalue weighted by Crippen LogP contribution is 2.42. The van der Waals surface area contributed by atoms with Crippen molar-refractivity contribution in [2.75, 3.05) is 27.2 Å². The molecule has 0 aliphatic heterocycles. The standard InChI is InChI=1S/C14H28N2O2/c1-6-18-12-10-11(14(12,2)3)15-9-7-8-13(17)16(4)5/h11-12,15H,6-10H2,1-5H3. The van der Waals surface area contributed by atoms with Gasteiger partial charge in [0.2, 0.25) is 5.91 Å². The minimum atomic E-state index is 0.205. The second-order valence-corrected chi connectivity index (χ2v) is 5.90. The topological polar surface area (TPSA) is 41.6 Å². The van der Waals surface area contributed by atoms with E-state index in [2.05, 4.69) is 19.2 Å². The zero-order chi connectivity index (χ0) is 13.8. The van der Waals surface area contributed by atoms with Crippen molar-refractivity contribution in [3.63, 3.8) is 0 Å². The quantitative estimate of drug-likeness (QED) is 0.704. The molecule has 1 rings (SSSR count). The number of nitrogens with zero attached hydrogens (tertiary/aromatic N) is 1. The molecule has 0 saturated heterocycles. The molecule has 1 N–H and O–H groups in total. The summed E-state index contributed by atoms with van der Waals surface area (Å²) >= 11 is 0. The molecule has 1 fully saturated rings. The summed E-state index contributed by atoms with van der Waals surface area (Å²) in [6.45, 7) is 8.24. The van der Waals surface area contributed by atoms with Crippen LogP contribution in [0.25, 0.3) is 0 Å². The molecule has 106 valence electrons. The third kappa shape index (κ3) is 3.69. The smallest absolute Gasteiger partial charge is 0.222 e. The monoisotopic (exact) mass is 256 g/mol. The fourth-order valence-corrected chi connectivity index (χ4v) is 2.46. The molecule has 1 aliphatic carbocycles. The van der Waals surface area contributed by atoms with E-state index in [0.29, 0.717) is 18.6 Å². The fraction of sp³-hybridized carbons (Fsp3) is 0.929. The maximum atomic E-state index is 11.4. The van der Waals surface area contributed by atoms with Crippen molar-refractivity contribution >= 4 is 5.91 Å². The summed E-state index contributed by atoms with van der Waals surface area (Å²) in [5.41, 5.74) is 0.210. The summed E-state index contributed by atoms with van der Waals surface area (Å²) in [6.07, 6.45) is 3.00. The highest BCUT2D eigenvalue weighted by Gasteiger charge is 2.48. The van der Waals surface area contributed by atoms with Crippen molar-refractivity contribution in [2.24, 2.45) is 5.41 Å². The van der Waals surface area contributed by atoms with E-state index in [1.165, 1.54) is 0 Å². The average molecular weight is 256 g/mol. The first-order valence-electron chi connectivity index (χ1n) is 6.94. The maximum Gasteiger partial charge on any atom is 0.222 e. The summed E-state index contributed by atoms with van der Waals surface area (Å²) in [5, 5.41) is 3.54. The number of ether oxygens (including phenoxy) is 1. The number of rotatable bonds is 7. The Labute approximate surface area is 111 Å². The second-order valence-electron chi connectivity index (χ2n) is 5.90. The third-order valence-electron chi connectivity index (χ3n) is 4.00. The number of carbonyl (C=O) groups is 1. The lowest BCUT2D eigenvalue weighted by Crippen LogP contribution is -2.61. The van der Waals surface area contributed by atoms with Gasteiger partial charge in [0.05, 0.1) is 6.10 Å². The number of hydrogen-bond donors (Lipinski definition) is 1. The van der Waals surface area contributed by atoms with Crippen LogP contribution in [0.3, 0.4) is 0 Å². The molecule has 1 amide bonds. The number of nitrogens with one attached hydrogen (secondary N) is 1. The minimum absolute atomic E-state index is 0.205. The molecule has 0 heterocycles. The molecule has 1 saturated carbocycles. The van der Waals surface area contributed by atoms with Gasteiger partial charge in [0.25, 0.3) is 0 Å². The van der Waals surface area contributed by atoms with Gasteiger partial charge < -0.3 is 15.0 Å². The highest BCUT2D eigenvalue weighted by molar-refractivity contribution is 5.75. The Morgan fingerprint density at radius 3 is 2.61 bits per heavy atom. The first-order chi connectivity index (χ1) is 8.39. The van der Waals surface area contributed by atoms with Crippen LogP contribution in [-0.4, -0.2) is 50.2 Å². The van der Waals surface area contributed by atoms with Crippen LogP contribution in [0.2, 0.25) is 0 Å². The fourth-order valence-electron chi connectivity index (χ4n) is 2.46. The van der Waals surface area contributed by atoms with Crippen molar-refractivity contribution in [1.82, 2.24) is 10.2 Å². The Balaban J connectivity index is 2.16. The first kappa shape index (κ1) is 15.4. The molecule has 0 radical (unpaired) electrons. The molecule has 0 aromatic heterocycles. The minimum Gasteiger partial charge on any atom is -0.378 e. The predicted octanol–water partition coefficient (Wildman–Crippen LogP) is 1.65. The lowest BCUT2D eigenvalue weighted by Gasteiger charge is -2.52. The third-order valence-corrected chi connectivity index (χ3v) is 4.00. The van der Waals surface area contributed by atoms with Gasteiger partial charge in [-0.2, -0.15) is 0 Å². The Kier molecular flexibility index (Phi) is 5.60. The Hall–Kier alpha value is -0.610. The average Bonchev–Trinajstić information content (AvgIpc) is 2.31. The van der Waals surface area contributed by atoms with Crippen molar-refractivity contribution in [3.05, 3.63) is 0 Å². The van der Waals surface area contributed by atoms with Crippen LogP contribution in [0.15, 0.2) is 0 Å². The van der Waals surface area contributed by atoms with Gasteiger partial charge in [0.1, 0.15) is 0 Å². The molecule has 18 heavy (non-hydrogen) atoms. The molecule has 0 aromatic carbocycles. The molecule has 0 aromatic rings. The molecular formula is C14H28N2O2. The summed E-state index contributed by atoms with van der Waals surface area (Å²) in [6, 6.07) is 0.517. The number of carbonyl (C=O) groups excluding carboxylic acids is 1. The van der Waals surface area contributed by atoms with Crippen LogP contribution in [0.1, 0.15) is 40.0 Å². The molecule has 0 bridgehead atoms. The maximum absolute atomic E-state index is 11.4. The van der Waals surface area contributed by atoms with Crippen LogP contribution in [0, 0.1) is 5.41 Å². The zero-order valence-corrected chi connectivity index (χ0v) is 12.5. The first-order valence-corrected chi connectivity index (χ1v) is 6.94. The van der Waals surface area contributed by atoms with E-state index in [1.807, 2.05) is 6.92 Å². The second kappa shape index (κ2) is 6.53. The van der Waals surface area contributed by atoms with Gasteiger partial charge in [0, 0.05) is 38.6 Å². The number of hydrogen-bond acceptors (Lipinski definition) is 3. The lowest BCUT2D eigenvalue weighted by molar-refractivity contribution is -0.129. The molecule has 4 nitrogen and oxygen atoms in total. The van der Waals surface area contributed by atoms with E-state index < -0.39 is 0 Å². The van der Waals surface area contributed by atoms with Crippen LogP contribution in [-0.2, 0) is 9.53 Å². The van der Waals surface area contributed by atoms with Gasteiger partial charge in [-0.3, -0.25) is 4.79 Å². The van der Waals surface area contributed by atoms with Gasteiger partial charge in [-0.15, -0.1) is 0 Å². The highest BCUT2D eigenvalue weighted by atomic mass is 16.5. The Bertz CT molecular complexity index is 277.